The van der Waals surface area contributed by atoms with E-state index in [1.54, 1.807) is 10.7 Å². The molecule has 0 spiro atoms. The molecule has 7 nitrogen and oxygen atoms in total. The van der Waals surface area contributed by atoms with E-state index in [1.165, 1.54) is 18.4 Å². The maximum Gasteiger partial charge on any atom is 0.334 e. The number of carbonyl (C=O) groups is 2. The van der Waals surface area contributed by atoms with Gasteiger partial charge in [0, 0.05) is 19.5 Å². The second-order valence-corrected chi connectivity index (χ2v) is 6.30. The normalized spacial score (nSPS) is 12.8. The van der Waals surface area contributed by atoms with Gasteiger partial charge < -0.3 is 15.2 Å². The Balaban J connectivity index is 2.19. The van der Waals surface area contributed by atoms with E-state index in [1.807, 2.05) is 7.05 Å². The number of carboxylic acids is 1. The monoisotopic (exact) mass is 325 g/mol. The average Bonchev–Trinajstić information content (AvgIpc) is 3.00. The van der Waals surface area contributed by atoms with Gasteiger partial charge in [0.15, 0.2) is 6.10 Å². The third kappa shape index (κ3) is 3.12. The minimum atomic E-state index is -1.11. The van der Waals surface area contributed by atoms with Crippen LogP contribution < -0.4 is 5.32 Å². The summed E-state index contributed by atoms with van der Waals surface area (Å²) in [6, 6.07) is 1.81. The Labute approximate surface area is 131 Å². The molecule has 1 unspecified atom stereocenters. The number of aliphatic carboxylic acids is 1. The summed E-state index contributed by atoms with van der Waals surface area (Å²) >= 11 is 1.34. The van der Waals surface area contributed by atoms with Gasteiger partial charge in [-0.05, 0) is 12.0 Å². The number of nitrogens with one attached hydrogen (secondary N) is 1. The first-order chi connectivity index (χ1) is 10.3. The molecule has 22 heavy (non-hydrogen) atoms. The van der Waals surface area contributed by atoms with Crippen LogP contribution in [0, 0.1) is 0 Å². The fourth-order valence-electron chi connectivity index (χ4n) is 2.15. The van der Waals surface area contributed by atoms with Crippen molar-refractivity contribution in [2.45, 2.75) is 25.9 Å². The number of fused-ring (bicyclic) bond motifs is 1. The number of carboxylic acid groups (broad SMARTS) is 1. The highest BCUT2D eigenvalue weighted by molar-refractivity contribution is 7.20. The van der Waals surface area contributed by atoms with E-state index in [0.29, 0.717) is 4.88 Å². The van der Waals surface area contributed by atoms with Crippen molar-refractivity contribution in [3.63, 3.8) is 0 Å². The third-order valence-corrected chi connectivity index (χ3v) is 4.52. The molecule has 1 amide bonds. The van der Waals surface area contributed by atoms with Crippen LogP contribution in [0.4, 0.5) is 0 Å². The first-order valence-electron chi connectivity index (χ1n) is 6.85. The molecule has 0 aliphatic rings. The Bertz CT molecular complexity index is 704. The fraction of sp³-hybridized carbons (Fsp3) is 0.500. The zero-order valence-electron chi connectivity index (χ0n) is 12.9. The zero-order chi connectivity index (χ0) is 16.4. The van der Waals surface area contributed by atoms with Gasteiger partial charge in [-0.1, -0.05) is 13.8 Å². The highest BCUT2D eigenvalue weighted by Gasteiger charge is 2.21. The van der Waals surface area contributed by atoms with Crippen LogP contribution in [0.25, 0.3) is 10.2 Å². The van der Waals surface area contributed by atoms with E-state index < -0.39 is 12.1 Å². The van der Waals surface area contributed by atoms with Crippen LogP contribution in [0.3, 0.4) is 0 Å². The number of aryl methyl sites for hydroxylation is 1. The number of hydrogen-bond acceptors (Lipinski definition) is 5. The van der Waals surface area contributed by atoms with Crippen molar-refractivity contribution in [2.24, 2.45) is 7.05 Å². The van der Waals surface area contributed by atoms with Crippen molar-refractivity contribution in [3.8, 4) is 0 Å². The number of ether oxygens (including phenoxy) is 1. The molecule has 0 radical (unpaired) electrons. The van der Waals surface area contributed by atoms with Crippen LogP contribution in [0.5, 0.6) is 0 Å². The van der Waals surface area contributed by atoms with Crippen molar-refractivity contribution in [1.29, 1.82) is 0 Å². The standard InChI is InChI=1S/C14H19N3O4S/c1-7(2)11-8-5-10(22-13(8)17(3)16-11)12(18)15-6-9(21-4)14(19)20/h5,7,9H,6H2,1-4H3,(H,15,18)(H,19,20). The topological polar surface area (TPSA) is 93.5 Å². The summed E-state index contributed by atoms with van der Waals surface area (Å²) in [4.78, 5) is 24.5. The number of amides is 1. The lowest BCUT2D eigenvalue weighted by Gasteiger charge is -2.10. The average molecular weight is 325 g/mol. The Kier molecular flexibility index (Phi) is 4.82. The molecule has 120 valence electrons. The maximum absolute atomic E-state index is 12.2. The number of hydrogen-bond donors (Lipinski definition) is 2. The smallest absolute Gasteiger partial charge is 0.334 e. The lowest BCUT2D eigenvalue weighted by atomic mass is 10.1. The molecule has 2 aromatic heterocycles. The third-order valence-electron chi connectivity index (χ3n) is 3.32. The number of carbonyl (C=O) groups excluding carboxylic acids is 1. The van der Waals surface area contributed by atoms with Crippen molar-refractivity contribution >= 4 is 33.4 Å². The molecule has 0 saturated carbocycles. The quantitative estimate of drug-likeness (QED) is 0.841. The number of aromatic nitrogens is 2. The summed E-state index contributed by atoms with van der Waals surface area (Å²) in [5, 5.41) is 16.9. The molecule has 2 heterocycles. The van der Waals surface area contributed by atoms with E-state index in [4.69, 9.17) is 9.84 Å². The minimum Gasteiger partial charge on any atom is -0.479 e. The van der Waals surface area contributed by atoms with Crippen LogP contribution in [0.15, 0.2) is 6.07 Å². The molecule has 2 N–H and O–H groups in total. The zero-order valence-corrected chi connectivity index (χ0v) is 13.7. The summed E-state index contributed by atoms with van der Waals surface area (Å²) in [6.07, 6.45) is -1.05. The first kappa shape index (κ1) is 16.4. The molecule has 0 aliphatic heterocycles. The van der Waals surface area contributed by atoms with Crippen LogP contribution in [0.1, 0.15) is 35.1 Å². The molecule has 2 rings (SSSR count). The Morgan fingerprint density at radius 1 is 1.50 bits per heavy atom. The van der Waals surface area contributed by atoms with Crippen LogP contribution in [-0.2, 0) is 16.6 Å². The summed E-state index contributed by atoms with van der Waals surface area (Å²) in [7, 11) is 3.14. The van der Waals surface area contributed by atoms with Gasteiger partial charge in [0.25, 0.3) is 5.91 Å². The maximum atomic E-state index is 12.2. The lowest BCUT2D eigenvalue weighted by Crippen LogP contribution is -2.37. The van der Waals surface area contributed by atoms with Gasteiger partial charge in [0.2, 0.25) is 0 Å². The van der Waals surface area contributed by atoms with E-state index >= 15 is 0 Å². The predicted molar refractivity (Wildman–Crippen MR) is 83.4 cm³/mol. The van der Waals surface area contributed by atoms with Crippen LogP contribution in [0.2, 0.25) is 0 Å². The van der Waals surface area contributed by atoms with E-state index in [-0.39, 0.29) is 18.4 Å². The van der Waals surface area contributed by atoms with Crippen molar-refractivity contribution in [3.05, 3.63) is 16.6 Å². The van der Waals surface area contributed by atoms with E-state index in [9.17, 15) is 9.59 Å². The second-order valence-electron chi connectivity index (χ2n) is 5.27. The summed E-state index contributed by atoms with van der Waals surface area (Å²) < 4.78 is 6.55. The Hall–Kier alpha value is -1.93. The van der Waals surface area contributed by atoms with Gasteiger partial charge in [-0.2, -0.15) is 5.10 Å². The van der Waals surface area contributed by atoms with Gasteiger partial charge in [-0.15, -0.1) is 11.3 Å². The van der Waals surface area contributed by atoms with Gasteiger partial charge in [0.1, 0.15) is 4.83 Å². The first-order valence-corrected chi connectivity index (χ1v) is 7.67. The van der Waals surface area contributed by atoms with Crippen molar-refractivity contribution in [1.82, 2.24) is 15.1 Å². The summed E-state index contributed by atoms with van der Waals surface area (Å²) in [5.74, 6) is -1.15. The highest BCUT2D eigenvalue weighted by atomic mass is 32.1. The predicted octanol–water partition coefficient (Wildman–Crippen LogP) is 1.59. The molecule has 2 aromatic rings. The van der Waals surface area contributed by atoms with Gasteiger partial charge >= 0.3 is 5.97 Å². The van der Waals surface area contributed by atoms with Gasteiger partial charge in [0.05, 0.1) is 17.1 Å². The van der Waals surface area contributed by atoms with Crippen molar-refractivity contribution < 1.29 is 19.4 Å². The fourth-order valence-corrected chi connectivity index (χ4v) is 3.14. The Morgan fingerprint density at radius 3 is 2.73 bits per heavy atom. The molecule has 1 atom stereocenters. The molecule has 0 aromatic carbocycles. The Morgan fingerprint density at radius 2 is 2.18 bits per heavy atom. The van der Waals surface area contributed by atoms with Crippen LogP contribution >= 0.6 is 11.3 Å². The van der Waals surface area contributed by atoms with E-state index in [2.05, 4.69) is 24.3 Å². The van der Waals surface area contributed by atoms with Crippen molar-refractivity contribution in [2.75, 3.05) is 13.7 Å². The van der Waals surface area contributed by atoms with Crippen LogP contribution in [-0.4, -0.2) is 46.5 Å². The molecule has 8 heteroatoms. The van der Waals surface area contributed by atoms with E-state index in [0.717, 1.165) is 15.9 Å². The molecular weight excluding hydrogens is 306 g/mol. The molecule has 0 aliphatic carbocycles. The number of nitrogens with zero attached hydrogens (tertiary/aromatic N) is 2. The van der Waals surface area contributed by atoms with Gasteiger partial charge in [-0.25, -0.2) is 4.79 Å². The minimum absolute atomic E-state index is 0.0752. The highest BCUT2D eigenvalue weighted by Crippen LogP contribution is 2.31. The summed E-state index contributed by atoms with van der Waals surface area (Å²) in [5.41, 5.74) is 0.952. The molecule has 0 bridgehead atoms. The lowest BCUT2D eigenvalue weighted by molar-refractivity contribution is -0.148. The molecule has 0 saturated heterocycles. The number of methoxy groups -OCH3 is 1. The SMILES string of the molecule is COC(CNC(=O)c1cc2c(C(C)C)nn(C)c2s1)C(=O)O. The largest absolute Gasteiger partial charge is 0.479 e. The number of thiophene rings is 1. The summed E-state index contributed by atoms with van der Waals surface area (Å²) in [6.45, 7) is 4.03. The van der Waals surface area contributed by atoms with Gasteiger partial charge in [-0.3, -0.25) is 9.48 Å². The molecular formula is C14H19N3O4S. The number of rotatable bonds is 6. The molecule has 0 fully saturated rings. The second kappa shape index (κ2) is 6.45.